The highest BCUT2D eigenvalue weighted by Gasteiger charge is 2.19. The number of rotatable bonds is 7. The van der Waals surface area contributed by atoms with Crippen molar-refractivity contribution in [1.29, 1.82) is 0 Å². The lowest BCUT2D eigenvalue weighted by atomic mass is 10.0. The fourth-order valence-corrected chi connectivity index (χ4v) is 2.12. The van der Waals surface area contributed by atoms with Crippen LogP contribution < -0.4 is 10.6 Å². The molecule has 20 heavy (non-hydrogen) atoms. The van der Waals surface area contributed by atoms with Gasteiger partial charge in [-0.2, -0.15) is 0 Å². The van der Waals surface area contributed by atoms with Gasteiger partial charge < -0.3 is 5.32 Å². The van der Waals surface area contributed by atoms with E-state index >= 15 is 0 Å². The number of anilines is 1. The second-order valence-electron chi connectivity index (χ2n) is 4.68. The molecular formula is C15H21FN2O2. The van der Waals surface area contributed by atoms with E-state index in [2.05, 4.69) is 10.6 Å². The predicted molar refractivity (Wildman–Crippen MR) is 77.0 cm³/mol. The van der Waals surface area contributed by atoms with Gasteiger partial charge in [0.05, 0.1) is 5.69 Å². The van der Waals surface area contributed by atoms with Gasteiger partial charge >= 0.3 is 0 Å². The first-order valence-corrected chi connectivity index (χ1v) is 6.83. The SMILES string of the molecule is CCCC(Nc1ccc(CC)c(C)c1F)C(=O)NC=O. The first kappa shape index (κ1) is 16.1. The molecule has 0 aliphatic heterocycles. The van der Waals surface area contributed by atoms with Crippen LogP contribution in [0.15, 0.2) is 12.1 Å². The molecule has 5 heteroatoms. The number of nitrogens with one attached hydrogen (secondary N) is 2. The molecule has 0 bridgehead atoms. The molecule has 0 heterocycles. The van der Waals surface area contributed by atoms with Crippen LogP contribution in [0.25, 0.3) is 0 Å². The van der Waals surface area contributed by atoms with Crippen LogP contribution in [0.4, 0.5) is 10.1 Å². The molecule has 1 aromatic carbocycles. The molecule has 0 aliphatic rings. The predicted octanol–water partition coefficient (Wildman–Crippen LogP) is 2.55. The average Bonchev–Trinajstić information content (AvgIpc) is 2.43. The van der Waals surface area contributed by atoms with E-state index in [1.165, 1.54) is 0 Å². The molecule has 1 unspecified atom stereocenters. The summed E-state index contributed by atoms with van der Waals surface area (Å²) in [5, 5.41) is 4.98. The summed E-state index contributed by atoms with van der Waals surface area (Å²) in [5.41, 5.74) is 1.82. The molecule has 0 saturated carbocycles. The summed E-state index contributed by atoms with van der Waals surface area (Å²) in [6.07, 6.45) is 2.37. The molecule has 1 aromatic rings. The maximum absolute atomic E-state index is 14.2. The molecule has 1 rings (SSSR count). The van der Waals surface area contributed by atoms with Gasteiger partial charge in [0.15, 0.2) is 0 Å². The van der Waals surface area contributed by atoms with Crippen molar-refractivity contribution in [3.8, 4) is 0 Å². The Morgan fingerprint density at radius 3 is 2.65 bits per heavy atom. The number of hydrogen-bond acceptors (Lipinski definition) is 3. The molecule has 0 radical (unpaired) electrons. The molecule has 0 spiro atoms. The van der Waals surface area contributed by atoms with Crippen molar-refractivity contribution in [2.45, 2.75) is 46.1 Å². The number of aryl methyl sites for hydroxylation is 1. The fraction of sp³-hybridized carbons (Fsp3) is 0.467. The van der Waals surface area contributed by atoms with Crippen molar-refractivity contribution < 1.29 is 14.0 Å². The maximum Gasteiger partial charge on any atom is 0.248 e. The lowest BCUT2D eigenvalue weighted by molar-refractivity contribution is -0.125. The van der Waals surface area contributed by atoms with Crippen LogP contribution >= 0.6 is 0 Å². The van der Waals surface area contributed by atoms with E-state index in [0.717, 1.165) is 18.4 Å². The van der Waals surface area contributed by atoms with Crippen molar-refractivity contribution in [1.82, 2.24) is 5.32 Å². The Labute approximate surface area is 118 Å². The number of halogens is 1. The number of benzene rings is 1. The van der Waals surface area contributed by atoms with E-state index in [-0.39, 0.29) is 5.82 Å². The van der Waals surface area contributed by atoms with Gasteiger partial charge in [-0.25, -0.2) is 4.39 Å². The Bertz CT molecular complexity index is 489. The molecule has 0 saturated heterocycles. The molecular weight excluding hydrogens is 259 g/mol. The number of amides is 2. The lowest BCUT2D eigenvalue weighted by Gasteiger charge is -2.19. The summed E-state index contributed by atoms with van der Waals surface area (Å²) in [6, 6.07) is 2.87. The minimum atomic E-state index is -0.619. The average molecular weight is 280 g/mol. The van der Waals surface area contributed by atoms with Gasteiger partial charge in [0.25, 0.3) is 0 Å². The second kappa shape index (κ2) is 7.62. The summed E-state index contributed by atoms with van der Waals surface area (Å²) < 4.78 is 14.2. The largest absolute Gasteiger partial charge is 0.371 e. The molecule has 2 N–H and O–H groups in total. The molecule has 0 fully saturated rings. The van der Waals surface area contributed by atoms with Crippen molar-refractivity contribution >= 4 is 18.0 Å². The second-order valence-corrected chi connectivity index (χ2v) is 4.68. The third-order valence-electron chi connectivity index (χ3n) is 3.30. The van der Waals surface area contributed by atoms with E-state index in [0.29, 0.717) is 24.1 Å². The summed E-state index contributed by atoms with van der Waals surface area (Å²) in [5.74, 6) is -0.789. The summed E-state index contributed by atoms with van der Waals surface area (Å²) >= 11 is 0. The minimum Gasteiger partial charge on any atom is -0.371 e. The lowest BCUT2D eigenvalue weighted by Crippen LogP contribution is -2.39. The van der Waals surface area contributed by atoms with Crippen molar-refractivity contribution in [3.05, 3.63) is 29.1 Å². The Kier molecular flexibility index (Phi) is 6.15. The smallest absolute Gasteiger partial charge is 0.248 e. The summed E-state index contributed by atoms with van der Waals surface area (Å²) in [6.45, 7) is 5.61. The van der Waals surface area contributed by atoms with Crippen LogP contribution in [0.3, 0.4) is 0 Å². The van der Waals surface area contributed by atoms with Crippen molar-refractivity contribution in [3.63, 3.8) is 0 Å². The van der Waals surface area contributed by atoms with E-state index in [4.69, 9.17) is 0 Å². The zero-order valence-electron chi connectivity index (χ0n) is 12.1. The number of carbonyl (C=O) groups is 2. The van der Waals surface area contributed by atoms with Crippen LogP contribution in [0.2, 0.25) is 0 Å². The highest BCUT2D eigenvalue weighted by atomic mass is 19.1. The Morgan fingerprint density at radius 1 is 1.40 bits per heavy atom. The van der Waals surface area contributed by atoms with Gasteiger partial charge in [0.1, 0.15) is 11.9 Å². The minimum absolute atomic E-state index is 0.291. The summed E-state index contributed by atoms with van der Waals surface area (Å²) in [7, 11) is 0. The van der Waals surface area contributed by atoms with Crippen LogP contribution in [-0.2, 0) is 16.0 Å². The summed E-state index contributed by atoms with van der Waals surface area (Å²) in [4.78, 5) is 22.1. The van der Waals surface area contributed by atoms with Crippen LogP contribution in [0.1, 0.15) is 37.8 Å². The number of carbonyl (C=O) groups excluding carboxylic acids is 2. The monoisotopic (exact) mass is 280 g/mol. The van der Waals surface area contributed by atoms with Crippen molar-refractivity contribution in [2.75, 3.05) is 5.32 Å². The maximum atomic E-state index is 14.2. The van der Waals surface area contributed by atoms with Crippen LogP contribution in [0, 0.1) is 12.7 Å². The highest BCUT2D eigenvalue weighted by Crippen LogP contribution is 2.23. The number of imide groups is 1. The Morgan fingerprint density at radius 2 is 2.10 bits per heavy atom. The molecule has 0 aliphatic carbocycles. The van der Waals surface area contributed by atoms with Crippen LogP contribution in [0.5, 0.6) is 0 Å². The van der Waals surface area contributed by atoms with Gasteiger partial charge in [-0.05, 0) is 37.0 Å². The van der Waals surface area contributed by atoms with Crippen molar-refractivity contribution in [2.24, 2.45) is 0 Å². The van der Waals surface area contributed by atoms with E-state index in [9.17, 15) is 14.0 Å². The molecule has 0 aromatic heterocycles. The van der Waals surface area contributed by atoms with Gasteiger partial charge in [-0.3, -0.25) is 14.9 Å². The van der Waals surface area contributed by atoms with Gasteiger partial charge in [-0.1, -0.05) is 26.3 Å². The van der Waals surface area contributed by atoms with Gasteiger partial charge in [-0.15, -0.1) is 0 Å². The highest BCUT2D eigenvalue weighted by molar-refractivity contribution is 5.91. The third kappa shape index (κ3) is 3.79. The van der Waals surface area contributed by atoms with E-state index in [1.54, 1.807) is 13.0 Å². The third-order valence-corrected chi connectivity index (χ3v) is 3.30. The van der Waals surface area contributed by atoms with E-state index in [1.807, 2.05) is 19.9 Å². The first-order valence-electron chi connectivity index (χ1n) is 6.83. The van der Waals surface area contributed by atoms with E-state index < -0.39 is 11.9 Å². The molecule has 110 valence electrons. The van der Waals surface area contributed by atoms with Gasteiger partial charge in [0, 0.05) is 0 Å². The Balaban J connectivity index is 2.96. The van der Waals surface area contributed by atoms with Gasteiger partial charge in [0.2, 0.25) is 12.3 Å². The quantitative estimate of drug-likeness (QED) is 0.755. The zero-order chi connectivity index (χ0) is 15.1. The fourth-order valence-electron chi connectivity index (χ4n) is 2.12. The topological polar surface area (TPSA) is 58.2 Å². The molecule has 4 nitrogen and oxygen atoms in total. The Hall–Kier alpha value is -1.91. The number of hydrogen-bond donors (Lipinski definition) is 2. The molecule has 1 atom stereocenters. The zero-order valence-corrected chi connectivity index (χ0v) is 12.1. The molecule has 2 amide bonds. The standard InChI is InChI=1S/C15H21FN2O2/c1-4-6-13(15(20)17-9-19)18-12-8-7-11(5-2)10(3)14(12)16/h7-9,13,18H,4-6H2,1-3H3,(H,17,19,20). The van der Waals surface area contributed by atoms with Crippen LogP contribution in [-0.4, -0.2) is 18.4 Å². The first-order chi connectivity index (χ1) is 9.54. The normalized spacial score (nSPS) is 11.8.